The summed E-state index contributed by atoms with van der Waals surface area (Å²) in [5, 5.41) is 0. The Kier molecular flexibility index (Phi) is 3.43. The summed E-state index contributed by atoms with van der Waals surface area (Å²) in [6.07, 6.45) is 0.702. The second-order valence-electron chi connectivity index (χ2n) is 7.65. The Hall–Kier alpha value is -2.43. The zero-order valence-corrected chi connectivity index (χ0v) is 16.2. The van der Waals surface area contributed by atoms with Crippen LogP contribution in [0.4, 0.5) is 0 Å². The van der Waals surface area contributed by atoms with Crippen molar-refractivity contribution >= 4 is 10.0 Å². The SMILES string of the molecule is Cc1ccc(S(=O)(=O)N2C3Cc4ccccc4C2(C)c2ccccc23)cc1. The van der Waals surface area contributed by atoms with E-state index in [9.17, 15) is 8.42 Å². The summed E-state index contributed by atoms with van der Waals surface area (Å²) in [6.45, 7) is 4.02. The molecule has 0 N–H and O–H groups in total. The minimum absolute atomic E-state index is 0.174. The Bertz CT molecular complexity index is 1140. The van der Waals surface area contributed by atoms with Gasteiger partial charge in [-0.2, -0.15) is 4.31 Å². The molecule has 0 aliphatic carbocycles. The molecule has 2 aliphatic heterocycles. The van der Waals surface area contributed by atoms with E-state index < -0.39 is 15.6 Å². The number of sulfonamides is 1. The predicted octanol–water partition coefficient (Wildman–Crippen LogP) is 4.56. The Morgan fingerprint density at radius 3 is 2.26 bits per heavy atom. The molecular weight excluding hydrogens is 354 g/mol. The zero-order valence-electron chi connectivity index (χ0n) is 15.4. The molecule has 27 heavy (non-hydrogen) atoms. The molecule has 2 aliphatic rings. The minimum atomic E-state index is -3.65. The third-order valence-electron chi connectivity index (χ3n) is 6.10. The summed E-state index contributed by atoms with van der Waals surface area (Å²) >= 11 is 0. The lowest BCUT2D eigenvalue weighted by Gasteiger charge is -2.43. The highest BCUT2D eigenvalue weighted by molar-refractivity contribution is 7.89. The summed E-state index contributed by atoms with van der Waals surface area (Å²) in [5.41, 5.74) is 4.89. The maximum Gasteiger partial charge on any atom is 0.244 e. The quantitative estimate of drug-likeness (QED) is 0.658. The molecule has 0 fully saturated rings. The molecule has 0 amide bonds. The van der Waals surface area contributed by atoms with Crippen molar-refractivity contribution in [3.8, 4) is 0 Å². The molecule has 2 atom stereocenters. The fourth-order valence-electron chi connectivity index (χ4n) is 4.86. The van der Waals surface area contributed by atoms with Gasteiger partial charge >= 0.3 is 0 Å². The number of aryl methyl sites for hydroxylation is 1. The van der Waals surface area contributed by atoms with E-state index in [0.29, 0.717) is 11.3 Å². The lowest BCUT2D eigenvalue weighted by molar-refractivity contribution is 0.208. The van der Waals surface area contributed by atoms with Crippen molar-refractivity contribution in [3.63, 3.8) is 0 Å². The van der Waals surface area contributed by atoms with Gasteiger partial charge in [0.25, 0.3) is 0 Å². The van der Waals surface area contributed by atoms with E-state index in [2.05, 4.69) is 31.2 Å². The van der Waals surface area contributed by atoms with Crippen molar-refractivity contribution in [2.24, 2.45) is 0 Å². The van der Waals surface area contributed by atoms with E-state index in [1.807, 2.05) is 43.3 Å². The Balaban J connectivity index is 1.79. The lowest BCUT2D eigenvalue weighted by atomic mass is 9.82. The Morgan fingerprint density at radius 1 is 0.889 bits per heavy atom. The van der Waals surface area contributed by atoms with E-state index in [1.165, 1.54) is 5.56 Å². The standard InChI is InChI=1S/C23H21NO2S/c1-16-11-13-18(14-12-16)27(25,26)24-22-15-17-7-3-5-9-20(17)23(24,2)21-10-6-4-8-19(21)22/h3-14,22H,15H2,1-2H3. The van der Waals surface area contributed by atoms with Crippen LogP contribution >= 0.6 is 0 Å². The van der Waals surface area contributed by atoms with Crippen LogP contribution in [0.25, 0.3) is 0 Å². The summed E-state index contributed by atoms with van der Waals surface area (Å²) in [4.78, 5) is 0.358. The van der Waals surface area contributed by atoms with Gasteiger partial charge in [-0.3, -0.25) is 0 Å². The molecule has 0 saturated carbocycles. The van der Waals surface area contributed by atoms with E-state index in [4.69, 9.17) is 0 Å². The Morgan fingerprint density at radius 2 is 1.52 bits per heavy atom. The first kappa shape index (κ1) is 16.7. The van der Waals surface area contributed by atoms with Crippen LogP contribution in [0, 0.1) is 6.92 Å². The molecule has 2 unspecified atom stereocenters. The molecule has 4 heteroatoms. The summed E-state index contributed by atoms with van der Waals surface area (Å²) in [7, 11) is -3.65. The van der Waals surface area contributed by atoms with Crippen molar-refractivity contribution in [3.05, 3.63) is 101 Å². The average Bonchev–Trinajstić information content (AvgIpc) is 2.87. The van der Waals surface area contributed by atoms with Crippen molar-refractivity contribution in [1.82, 2.24) is 4.31 Å². The highest BCUT2D eigenvalue weighted by atomic mass is 32.2. The first-order chi connectivity index (χ1) is 12.9. The number of benzene rings is 3. The van der Waals surface area contributed by atoms with Gasteiger partial charge in [0.05, 0.1) is 16.5 Å². The second kappa shape index (κ2) is 5.54. The van der Waals surface area contributed by atoms with E-state index in [0.717, 1.165) is 22.3 Å². The van der Waals surface area contributed by atoms with Crippen LogP contribution in [0.3, 0.4) is 0 Å². The van der Waals surface area contributed by atoms with Crippen molar-refractivity contribution in [2.45, 2.75) is 36.7 Å². The summed E-state index contributed by atoms with van der Waals surface area (Å²) in [5.74, 6) is 0. The smallest absolute Gasteiger partial charge is 0.207 e. The molecule has 3 aromatic carbocycles. The summed E-state index contributed by atoms with van der Waals surface area (Å²) in [6, 6.07) is 23.4. The lowest BCUT2D eigenvalue weighted by Crippen LogP contribution is -2.48. The first-order valence-corrected chi connectivity index (χ1v) is 10.7. The van der Waals surface area contributed by atoms with E-state index in [1.54, 1.807) is 16.4 Å². The molecule has 2 bridgehead atoms. The minimum Gasteiger partial charge on any atom is -0.207 e. The van der Waals surface area contributed by atoms with E-state index >= 15 is 0 Å². The highest BCUT2D eigenvalue weighted by Crippen LogP contribution is 2.57. The molecule has 0 aromatic heterocycles. The maximum absolute atomic E-state index is 13.8. The number of fused-ring (bicyclic) bond motifs is 7. The monoisotopic (exact) mass is 375 g/mol. The van der Waals surface area contributed by atoms with Gasteiger partial charge in [0, 0.05) is 0 Å². The van der Waals surface area contributed by atoms with Crippen LogP contribution in [0.1, 0.15) is 40.8 Å². The van der Waals surface area contributed by atoms with Gasteiger partial charge in [0.1, 0.15) is 0 Å². The predicted molar refractivity (Wildman–Crippen MR) is 106 cm³/mol. The second-order valence-corrected chi connectivity index (χ2v) is 9.47. The first-order valence-electron chi connectivity index (χ1n) is 9.23. The van der Waals surface area contributed by atoms with Gasteiger partial charge in [-0.1, -0.05) is 66.2 Å². The van der Waals surface area contributed by atoms with Crippen LogP contribution in [-0.4, -0.2) is 12.7 Å². The largest absolute Gasteiger partial charge is 0.244 e. The zero-order chi connectivity index (χ0) is 18.8. The third kappa shape index (κ3) is 2.14. The van der Waals surface area contributed by atoms with Crippen LogP contribution in [0.15, 0.2) is 77.7 Å². The molecule has 0 saturated heterocycles. The molecule has 0 spiro atoms. The molecule has 5 rings (SSSR count). The van der Waals surface area contributed by atoms with Crippen LogP contribution < -0.4 is 0 Å². The van der Waals surface area contributed by atoms with Crippen molar-refractivity contribution < 1.29 is 8.42 Å². The molecule has 2 heterocycles. The number of hydrogen-bond donors (Lipinski definition) is 0. The van der Waals surface area contributed by atoms with Crippen molar-refractivity contribution in [2.75, 3.05) is 0 Å². The normalized spacial score (nSPS) is 23.7. The van der Waals surface area contributed by atoms with Crippen LogP contribution in [0.5, 0.6) is 0 Å². The topological polar surface area (TPSA) is 37.4 Å². The summed E-state index contributed by atoms with van der Waals surface area (Å²) < 4.78 is 29.3. The maximum atomic E-state index is 13.8. The van der Waals surface area contributed by atoms with Gasteiger partial charge in [0.2, 0.25) is 10.0 Å². The molecular formula is C23H21NO2S. The Labute approximate surface area is 160 Å². The average molecular weight is 375 g/mol. The van der Waals surface area contributed by atoms with E-state index in [-0.39, 0.29) is 6.04 Å². The van der Waals surface area contributed by atoms with Gasteiger partial charge in [-0.15, -0.1) is 0 Å². The van der Waals surface area contributed by atoms with Crippen molar-refractivity contribution in [1.29, 1.82) is 0 Å². The van der Waals surface area contributed by atoms with Crippen LogP contribution in [0.2, 0.25) is 0 Å². The van der Waals surface area contributed by atoms with Gasteiger partial charge in [0.15, 0.2) is 0 Å². The number of nitrogens with zero attached hydrogens (tertiary/aromatic N) is 1. The fourth-order valence-corrected chi connectivity index (χ4v) is 6.77. The number of hydrogen-bond acceptors (Lipinski definition) is 2. The molecule has 3 nitrogen and oxygen atoms in total. The molecule has 136 valence electrons. The molecule has 3 aromatic rings. The highest BCUT2D eigenvalue weighted by Gasteiger charge is 2.57. The van der Waals surface area contributed by atoms with Gasteiger partial charge < -0.3 is 0 Å². The fraction of sp³-hybridized carbons (Fsp3) is 0.217. The molecule has 0 radical (unpaired) electrons. The van der Waals surface area contributed by atoms with Crippen LogP contribution in [-0.2, 0) is 22.0 Å². The number of rotatable bonds is 2. The van der Waals surface area contributed by atoms with Gasteiger partial charge in [-0.25, -0.2) is 8.42 Å². The third-order valence-corrected chi connectivity index (χ3v) is 8.11. The van der Waals surface area contributed by atoms with Gasteiger partial charge in [-0.05, 0) is 54.7 Å².